The third kappa shape index (κ3) is 3.53. The highest BCUT2D eigenvalue weighted by Crippen LogP contribution is 2.38. The van der Waals surface area contributed by atoms with E-state index in [0.717, 1.165) is 19.3 Å². The topological polar surface area (TPSA) is 94.0 Å². The molecule has 0 aromatic carbocycles. The van der Waals surface area contributed by atoms with Crippen molar-refractivity contribution < 1.29 is 22.2 Å². The SMILES string of the molecule is Cc1noc(C2CCCCN2c2ncc(-c3noc(C(F)(F)F)n3)cc2Cl)n1. The first-order valence-corrected chi connectivity index (χ1v) is 8.84. The fraction of sp³-hybridized carbons (Fsp3) is 0.438. The second-order valence-corrected chi connectivity index (χ2v) is 6.74. The van der Waals surface area contributed by atoms with Crippen LogP contribution >= 0.6 is 11.6 Å². The van der Waals surface area contributed by atoms with Gasteiger partial charge < -0.3 is 13.9 Å². The third-order valence-electron chi connectivity index (χ3n) is 4.35. The maximum atomic E-state index is 12.6. The zero-order valence-electron chi connectivity index (χ0n) is 14.6. The van der Waals surface area contributed by atoms with E-state index >= 15 is 0 Å². The van der Waals surface area contributed by atoms with E-state index in [0.29, 0.717) is 24.1 Å². The molecule has 12 heteroatoms. The van der Waals surface area contributed by atoms with Crippen LogP contribution in [0.25, 0.3) is 11.4 Å². The molecule has 1 saturated heterocycles. The van der Waals surface area contributed by atoms with Gasteiger partial charge in [-0.05, 0) is 32.3 Å². The van der Waals surface area contributed by atoms with Gasteiger partial charge in [0.05, 0.1) is 5.02 Å². The van der Waals surface area contributed by atoms with Gasteiger partial charge in [0, 0.05) is 18.3 Å². The van der Waals surface area contributed by atoms with Crippen molar-refractivity contribution in [1.29, 1.82) is 0 Å². The van der Waals surface area contributed by atoms with Crippen LogP contribution in [0.2, 0.25) is 5.02 Å². The molecule has 1 atom stereocenters. The molecule has 1 fully saturated rings. The number of rotatable bonds is 3. The van der Waals surface area contributed by atoms with Crippen LogP contribution in [0.1, 0.15) is 42.9 Å². The molecule has 0 amide bonds. The number of alkyl halides is 3. The Labute approximate surface area is 161 Å². The highest BCUT2D eigenvalue weighted by molar-refractivity contribution is 6.33. The Kier molecular flexibility index (Phi) is 4.69. The van der Waals surface area contributed by atoms with Crippen LogP contribution in [-0.4, -0.2) is 31.8 Å². The van der Waals surface area contributed by atoms with Gasteiger partial charge in [0.15, 0.2) is 5.82 Å². The molecule has 1 aliphatic rings. The number of piperidine rings is 1. The predicted octanol–water partition coefficient (Wildman–Crippen LogP) is 4.23. The summed E-state index contributed by atoms with van der Waals surface area (Å²) in [6, 6.07) is 1.28. The number of halogens is 4. The van der Waals surface area contributed by atoms with Crippen molar-refractivity contribution in [1.82, 2.24) is 25.3 Å². The molecule has 28 heavy (non-hydrogen) atoms. The average molecular weight is 415 g/mol. The fourth-order valence-electron chi connectivity index (χ4n) is 3.11. The second kappa shape index (κ2) is 7.04. The van der Waals surface area contributed by atoms with Crippen molar-refractivity contribution in [2.45, 2.75) is 38.4 Å². The van der Waals surface area contributed by atoms with Crippen LogP contribution in [0.15, 0.2) is 21.3 Å². The molecule has 0 N–H and O–H groups in total. The van der Waals surface area contributed by atoms with Gasteiger partial charge in [-0.1, -0.05) is 21.9 Å². The summed E-state index contributed by atoms with van der Waals surface area (Å²) in [5.74, 6) is -0.174. The molecular formula is C16H14ClF3N6O2. The molecule has 148 valence electrons. The third-order valence-corrected chi connectivity index (χ3v) is 4.63. The average Bonchev–Trinajstić information content (AvgIpc) is 3.31. The lowest BCUT2D eigenvalue weighted by Crippen LogP contribution is -2.34. The van der Waals surface area contributed by atoms with Crippen molar-refractivity contribution in [2.24, 2.45) is 0 Å². The van der Waals surface area contributed by atoms with Crippen molar-refractivity contribution >= 4 is 17.4 Å². The van der Waals surface area contributed by atoms with E-state index in [4.69, 9.17) is 16.1 Å². The van der Waals surface area contributed by atoms with Gasteiger partial charge in [-0.2, -0.15) is 23.1 Å². The number of pyridine rings is 1. The Balaban J connectivity index is 1.64. The number of nitrogens with zero attached hydrogens (tertiary/aromatic N) is 6. The molecule has 1 aliphatic heterocycles. The first kappa shape index (κ1) is 18.7. The number of aryl methyl sites for hydroxylation is 1. The minimum atomic E-state index is -4.72. The maximum absolute atomic E-state index is 12.6. The number of anilines is 1. The summed E-state index contributed by atoms with van der Waals surface area (Å²) in [7, 11) is 0. The molecule has 0 radical (unpaired) electrons. The molecule has 0 spiro atoms. The number of aromatic nitrogens is 5. The van der Waals surface area contributed by atoms with E-state index in [1.165, 1.54) is 12.3 Å². The molecule has 4 rings (SSSR count). The molecule has 3 aromatic heterocycles. The van der Waals surface area contributed by atoms with E-state index < -0.39 is 12.1 Å². The normalized spacial score (nSPS) is 17.9. The van der Waals surface area contributed by atoms with Crippen LogP contribution in [0.4, 0.5) is 19.0 Å². The number of hydrogen-bond acceptors (Lipinski definition) is 8. The summed E-state index contributed by atoms with van der Waals surface area (Å²) in [5, 5.41) is 7.43. The van der Waals surface area contributed by atoms with Crippen molar-refractivity contribution in [3.8, 4) is 11.4 Å². The zero-order valence-corrected chi connectivity index (χ0v) is 15.3. The standard InChI is InChI=1S/C16H14ClF3N6O2/c1-8-22-14(27-24-8)11-4-2-3-5-26(11)13-10(17)6-9(7-21-13)12-23-15(28-25-12)16(18,19)20/h6-7,11H,2-5H2,1H3. The van der Waals surface area contributed by atoms with E-state index in [-0.39, 0.29) is 22.5 Å². The summed E-state index contributed by atoms with van der Waals surface area (Å²) in [5.41, 5.74) is 0.218. The van der Waals surface area contributed by atoms with E-state index in [2.05, 4.69) is 29.8 Å². The molecule has 8 nitrogen and oxygen atoms in total. The van der Waals surface area contributed by atoms with Crippen LogP contribution in [-0.2, 0) is 6.18 Å². The molecular weight excluding hydrogens is 401 g/mol. The smallest absolute Gasteiger partial charge is 0.343 e. The Morgan fingerprint density at radius 1 is 1.18 bits per heavy atom. The lowest BCUT2D eigenvalue weighted by atomic mass is 10.0. The fourth-order valence-corrected chi connectivity index (χ4v) is 3.39. The number of hydrogen-bond donors (Lipinski definition) is 0. The highest BCUT2D eigenvalue weighted by Gasteiger charge is 2.38. The Hall–Kier alpha value is -2.69. The molecule has 3 aromatic rings. The Morgan fingerprint density at radius 3 is 2.64 bits per heavy atom. The largest absolute Gasteiger partial charge is 0.471 e. The molecule has 0 aliphatic carbocycles. The molecule has 0 saturated carbocycles. The van der Waals surface area contributed by atoms with Crippen molar-refractivity contribution in [3.63, 3.8) is 0 Å². The van der Waals surface area contributed by atoms with Crippen LogP contribution in [0.5, 0.6) is 0 Å². The van der Waals surface area contributed by atoms with E-state index in [1.54, 1.807) is 6.92 Å². The minimum Gasteiger partial charge on any atom is -0.343 e. The quantitative estimate of drug-likeness (QED) is 0.628. The van der Waals surface area contributed by atoms with E-state index in [9.17, 15) is 13.2 Å². The molecule has 0 bridgehead atoms. The first-order chi connectivity index (χ1) is 13.3. The Bertz CT molecular complexity index is 989. The van der Waals surface area contributed by atoms with Gasteiger partial charge in [-0.15, -0.1) is 0 Å². The van der Waals surface area contributed by atoms with Gasteiger partial charge in [-0.25, -0.2) is 4.98 Å². The maximum Gasteiger partial charge on any atom is 0.471 e. The zero-order chi connectivity index (χ0) is 19.9. The van der Waals surface area contributed by atoms with Crippen LogP contribution in [0.3, 0.4) is 0 Å². The first-order valence-electron chi connectivity index (χ1n) is 8.46. The van der Waals surface area contributed by atoms with Crippen molar-refractivity contribution in [3.05, 3.63) is 34.9 Å². The molecule has 1 unspecified atom stereocenters. The predicted molar refractivity (Wildman–Crippen MR) is 90.5 cm³/mol. The van der Waals surface area contributed by atoms with Crippen LogP contribution < -0.4 is 4.90 Å². The lowest BCUT2D eigenvalue weighted by molar-refractivity contribution is -0.159. The van der Waals surface area contributed by atoms with Gasteiger partial charge in [0.25, 0.3) is 0 Å². The van der Waals surface area contributed by atoms with Gasteiger partial charge in [-0.3, -0.25) is 0 Å². The van der Waals surface area contributed by atoms with Gasteiger partial charge in [0.2, 0.25) is 11.7 Å². The Morgan fingerprint density at radius 2 is 2.00 bits per heavy atom. The summed E-state index contributed by atoms with van der Waals surface area (Å²) in [6.07, 6.45) is -0.645. The molecule has 4 heterocycles. The lowest BCUT2D eigenvalue weighted by Gasteiger charge is -2.34. The van der Waals surface area contributed by atoms with Crippen molar-refractivity contribution in [2.75, 3.05) is 11.4 Å². The second-order valence-electron chi connectivity index (χ2n) is 6.34. The summed E-state index contributed by atoms with van der Waals surface area (Å²) in [6.45, 7) is 2.42. The minimum absolute atomic E-state index is 0.173. The highest BCUT2D eigenvalue weighted by atomic mass is 35.5. The monoisotopic (exact) mass is 414 g/mol. The van der Waals surface area contributed by atoms with Crippen LogP contribution in [0, 0.1) is 6.92 Å². The van der Waals surface area contributed by atoms with Gasteiger partial charge >= 0.3 is 12.1 Å². The summed E-state index contributed by atoms with van der Waals surface area (Å²) < 4.78 is 47.5. The summed E-state index contributed by atoms with van der Waals surface area (Å²) in [4.78, 5) is 13.9. The van der Waals surface area contributed by atoms with E-state index in [1.807, 2.05) is 4.90 Å². The van der Waals surface area contributed by atoms with Gasteiger partial charge in [0.1, 0.15) is 11.9 Å². The summed E-state index contributed by atoms with van der Waals surface area (Å²) >= 11 is 6.39.